The summed E-state index contributed by atoms with van der Waals surface area (Å²) in [6.45, 7) is 1.52. The lowest BCUT2D eigenvalue weighted by atomic mass is 10.1. The normalized spacial score (nSPS) is 9.95. The molecule has 2 amide bonds. The molecular weight excluding hydrogens is 248 g/mol. The molecule has 0 saturated carbocycles. The average molecular weight is 266 g/mol. The van der Waals surface area contributed by atoms with E-state index in [4.69, 9.17) is 9.84 Å². The van der Waals surface area contributed by atoms with Crippen LogP contribution in [0.25, 0.3) is 0 Å². The summed E-state index contributed by atoms with van der Waals surface area (Å²) in [6, 6.07) is 6.12. The maximum absolute atomic E-state index is 11.4. The number of rotatable bonds is 7. The molecule has 0 spiro atoms. The molecule has 0 saturated heterocycles. The van der Waals surface area contributed by atoms with E-state index in [1.807, 2.05) is 0 Å². The second-order valence-corrected chi connectivity index (χ2v) is 3.96. The summed E-state index contributed by atoms with van der Waals surface area (Å²) >= 11 is 0. The van der Waals surface area contributed by atoms with Gasteiger partial charge in [-0.05, 0) is 24.1 Å². The summed E-state index contributed by atoms with van der Waals surface area (Å²) in [5.74, 6) is -0.963. The molecule has 0 aliphatic heterocycles. The van der Waals surface area contributed by atoms with Gasteiger partial charge in [-0.25, -0.2) is 9.59 Å². The Balaban J connectivity index is 2.28. The maximum Gasteiger partial charge on any atom is 0.335 e. The molecule has 19 heavy (non-hydrogen) atoms. The number of nitrogens with one attached hydrogen (secondary N) is 2. The molecule has 0 bridgehead atoms. The van der Waals surface area contributed by atoms with Crippen LogP contribution in [0.5, 0.6) is 0 Å². The quantitative estimate of drug-likeness (QED) is 0.647. The van der Waals surface area contributed by atoms with Crippen molar-refractivity contribution in [2.75, 3.05) is 20.3 Å². The monoisotopic (exact) mass is 266 g/mol. The molecule has 1 aromatic carbocycles. The fraction of sp³-hybridized carbons (Fsp3) is 0.385. The van der Waals surface area contributed by atoms with Crippen molar-refractivity contribution in [3.8, 4) is 0 Å². The first-order valence-electron chi connectivity index (χ1n) is 5.96. The summed E-state index contributed by atoms with van der Waals surface area (Å²) in [6.07, 6.45) is 0.761. The zero-order chi connectivity index (χ0) is 14.1. The lowest BCUT2D eigenvalue weighted by Gasteiger charge is -2.07. The number of urea groups is 1. The van der Waals surface area contributed by atoms with Gasteiger partial charge in [-0.3, -0.25) is 0 Å². The Morgan fingerprint density at radius 1 is 1.21 bits per heavy atom. The molecule has 3 N–H and O–H groups in total. The van der Waals surface area contributed by atoms with Gasteiger partial charge in [0.2, 0.25) is 0 Å². The fourth-order valence-electron chi connectivity index (χ4n) is 1.43. The van der Waals surface area contributed by atoms with Gasteiger partial charge in [0, 0.05) is 26.8 Å². The van der Waals surface area contributed by atoms with Crippen LogP contribution in [0.1, 0.15) is 22.3 Å². The van der Waals surface area contributed by atoms with E-state index in [-0.39, 0.29) is 11.6 Å². The third-order valence-corrected chi connectivity index (χ3v) is 2.46. The van der Waals surface area contributed by atoms with Crippen molar-refractivity contribution < 1.29 is 19.4 Å². The first-order chi connectivity index (χ1) is 9.13. The molecule has 0 fully saturated rings. The highest BCUT2D eigenvalue weighted by Crippen LogP contribution is 2.03. The van der Waals surface area contributed by atoms with Gasteiger partial charge in [0.1, 0.15) is 0 Å². The van der Waals surface area contributed by atoms with E-state index in [2.05, 4.69) is 10.6 Å². The number of hydrogen-bond acceptors (Lipinski definition) is 3. The second-order valence-electron chi connectivity index (χ2n) is 3.96. The van der Waals surface area contributed by atoms with Gasteiger partial charge >= 0.3 is 12.0 Å². The zero-order valence-corrected chi connectivity index (χ0v) is 10.8. The topological polar surface area (TPSA) is 87.7 Å². The van der Waals surface area contributed by atoms with Gasteiger partial charge in [0.25, 0.3) is 0 Å². The van der Waals surface area contributed by atoms with E-state index in [0.29, 0.717) is 19.7 Å². The number of benzene rings is 1. The van der Waals surface area contributed by atoms with Crippen molar-refractivity contribution in [1.29, 1.82) is 0 Å². The Bertz CT molecular complexity index is 417. The van der Waals surface area contributed by atoms with Crippen LogP contribution in [0.3, 0.4) is 0 Å². The summed E-state index contributed by atoms with van der Waals surface area (Å²) in [5, 5.41) is 14.1. The minimum Gasteiger partial charge on any atom is -0.478 e. The molecule has 6 heteroatoms. The van der Waals surface area contributed by atoms with Gasteiger partial charge in [-0.1, -0.05) is 12.1 Å². The molecule has 6 nitrogen and oxygen atoms in total. The van der Waals surface area contributed by atoms with Gasteiger partial charge in [0.15, 0.2) is 0 Å². The molecule has 0 radical (unpaired) electrons. The Hall–Kier alpha value is -2.08. The number of aromatic carboxylic acids is 1. The number of carbonyl (C=O) groups is 2. The molecule has 104 valence electrons. The van der Waals surface area contributed by atoms with Gasteiger partial charge in [0.05, 0.1) is 5.56 Å². The van der Waals surface area contributed by atoms with E-state index in [9.17, 15) is 9.59 Å². The van der Waals surface area contributed by atoms with Crippen molar-refractivity contribution >= 4 is 12.0 Å². The number of carboxylic acid groups (broad SMARTS) is 1. The van der Waals surface area contributed by atoms with Crippen molar-refractivity contribution in [2.45, 2.75) is 13.0 Å². The summed E-state index contributed by atoms with van der Waals surface area (Å²) in [7, 11) is 1.61. The fourth-order valence-corrected chi connectivity index (χ4v) is 1.43. The molecule has 0 unspecified atom stereocenters. The van der Waals surface area contributed by atoms with Crippen LogP contribution in [0.2, 0.25) is 0 Å². The molecule has 0 aliphatic carbocycles. The molecule has 0 heterocycles. The highest BCUT2D eigenvalue weighted by atomic mass is 16.5. The minimum absolute atomic E-state index is 0.229. The standard InChI is InChI=1S/C13H18N2O4/c1-19-8-2-7-14-13(18)15-9-10-3-5-11(6-4-10)12(16)17/h3-6H,2,7-9H2,1H3,(H,16,17)(H2,14,15,18). The maximum atomic E-state index is 11.4. The minimum atomic E-state index is -0.963. The van der Waals surface area contributed by atoms with Crippen molar-refractivity contribution in [2.24, 2.45) is 0 Å². The highest BCUT2D eigenvalue weighted by molar-refractivity contribution is 5.87. The first-order valence-corrected chi connectivity index (χ1v) is 5.96. The Kier molecular flexibility index (Phi) is 6.38. The number of methoxy groups -OCH3 is 1. The molecular formula is C13H18N2O4. The summed E-state index contributed by atoms with van der Waals surface area (Å²) in [5.41, 5.74) is 1.07. The van der Waals surface area contributed by atoms with Crippen molar-refractivity contribution in [3.63, 3.8) is 0 Å². The molecule has 1 aromatic rings. The van der Waals surface area contributed by atoms with Crippen LogP contribution < -0.4 is 10.6 Å². The Morgan fingerprint density at radius 3 is 2.47 bits per heavy atom. The number of hydrogen-bond donors (Lipinski definition) is 3. The van der Waals surface area contributed by atoms with E-state index in [1.165, 1.54) is 12.1 Å². The lowest BCUT2D eigenvalue weighted by molar-refractivity contribution is 0.0697. The van der Waals surface area contributed by atoms with E-state index < -0.39 is 5.97 Å². The van der Waals surface area contributed by atoms with Crippen molar-refractivity contribution in [1.82, 2.24) is 10.6 Å². The van der Waals surface area contributed by atoms with Crippen LogP contribution >= 0.6 is 0 Å². The van der Waals surface area contributed by atoms with E-state index >= 15 is 0 Å². The highest BCUT2D eigenvalue weighted by Gasteiger charge is 2.03. The van der Waals surface area contributed by atoms with Gasteiger partial charge in [-0.15, -0.1) is 0 Å². The third-order valence-electron chi connectivity index (χ3n) is 2.46. The smallest absolute Gasteiger partial charge is 0.335 e. The Labute approximate surface area is 111 Å². The van der Waals surface area contributed by atoms with Gasteiger partial charge in [-0.2, -0.15) is 0 Å². The molecule has 0 aromatic heterocycles. The predicted molar refractivity (Wildman–Crippen MR) is 70.1 cm³/mol. The van der Waals surface area contributed by atoms with Crippen LogP contribution in [0.15, 0.2) is 24.3 Å². The largest absolute Gasteiger partial charge is 0.478 e. The zero-order valence-electron chi connectivity index (χ0n) is 10.8. The number of ether oxygens (including phenoxy) is 1. The number of carbonyl (C=O) groups excluding carboxylic acids is 1. The van der Waals surface area contributed by atoms with Crippen LogP contribution in [-0.2, 0) is 11.3 Å². The molecule has 0 atom stereocenters. The molecule has 0 aliphatic rings. The van der Waals surface area contributed by atoms with Crippen LogP contribution in [0.4, 0.5) is 4.79 Å². The first kappa shape index (κ1) is 15.0. The van der Waals surface area contributed by atoms with E-state index in [1.54, 1.807) is 19.2 Å². The summed E-state index contributed by atoms with van der Waals surface area (Å²) in [4.78, 5) is 22.1. The molecule has 1 rings (SSSR count). The number of amides is 2. The third kappa shape index (κ3) is 5.87. The van der Waals surface area contributed by atoms with Crippen LogP contribution in [-0.4, -0.2) is 37.4 Å². The van der Waals surface area contributed by atoms with Gasteiger partial charge < -0.3 is 20.5 Å². The number of carboxylic acids is 1. The second kappa shape index (κ2) is 8.10. The SMILES string of the molecule is COCCCNC(=O)NCc1ccc(C(=O)O)cc1. The van der Waals surface area contributed by atoms with E-state index in [0.717, 1.165) is 12.0 Å². The average Bonchev–Trinajstić information content (AvgIpc) is 2.42. The lowest BCUT2D eigenvalue weighted by Crippen LogP contribution is -2.35. The van der Waals surface area contributed by atoms with Crippen LogP contribution in [0, 0.1) is 0 Å². The van der Waals surface area contributed by atoms with Crippen molar-refractivity contribution in [3.05, 3.63) is 35.4 Å². The Morgan fingerprint density at radius 2 is 1.89 bits per heavy atom. The predicted octanol–water partition coefficient (Wildman–Crippen LogP) is 1.22. The summed E-state index contributed by atoms with van der Waals surface area (Å²) < 4.78 is 4.86.